The number of amides is 1. The van der Waals surface area contributed by atoms with E-state index in [1.54, 1.807) is 29.0 Å². The number of carbonyl (C=O) groups excluding carboxylic acids is 1. The first kappa shape index (κ1) is 25.4. The molecule has 1 aliphatic rings. The Morgan fingerprint density at radius 1 is 1.18 bits per heavy atom. The number of nitrogens with one attached hydrogen (secondary N) is 2. The van der Waals surface area contributed by atoms with Crippen LogP contribution in [0.1, 0.15) is 36.8 Å². The number of aromatic amines is 1. The molecule has 0 saturated carbocycles. The number of methoxy groups -OCH3 is 1. The molecule has 0 saturated heterocycles. The van der Waals surface area contributed by atoms with Crippen LogP contribution in [0, 0.1) is 5.82 Å². The molecule has 202 valence electrons. The maximum Gasteiger partial charge on any atom is 0.411 e. The van der Waals surface area contributed by atoms with Crippen molar-refractivity contribution in [3.8, 4) is 28.1 Å². The normalized spacial score (nSPS) is 16.1. The summed E-state index contributed by atoms with van der Waals surface area (Å²) in [5, 5.41) is 13.7. The Hall–Kier alpha value is -4.84. The number of aromatic nitrogens is 7. The van der Waals surface area contributed by atoms with Gasteiger partial charge >= 0.3 is 6.09 Å². The predicted octanol–water partition coefficient (Wildman–Crippen LogP) is 4.95. The summed E-state index contributed by atoms with van der Waals surface area (Å²) in [4.78, 5) is 32.9. The van der Waals surface area contributed by atoms with Gasteiger partial charge in [0.05, 0.1) is 35.8 Å². The van der Waals surface area contributed by atoms with E-state index in [0.717, 1.165) is 17.0 Å². The first-order valence-corrected chi connectivity index (χ1v) is 12.7. The molecule has 2 N–H and O–H groups in total. The summed E-state index contributed by atoms with van der Waals surface area (Å²) < 4.78 is 23.0. The van der Waals surface area contributed by atoms with Crippen LogP contribution in [0.5, 0.6) is 0 Å². The molecular weight excluding hydrogens is 539 g/mol. The third kappa shape index (κ3) is 4.41. The second-order valence-electron chi connectivity index (χ2n) is 9.42. The molecule has 0 radical (unpaired) electrons. The first-order valence-electron chi connectivity index (χ1n) is 12.3. The summed E-state index contributed by atoms with van der Waals surface area (Å²) in [5.41, 5.74) is 3.56. The van der Waals surface area contributed by atoms with Crippen molar-refractivity contribution in [3.05, 3.63) is 93.8 Å². The van der Waals surface area contributed by atoms with E-state index in [9.17, 15) is 9.59 Å². The van der Waals surface area contributed by atoms with Crippen LogP contribution >= 0.6 is 11.6 Å². The number of hydrogen-bond donors (Lipinski definition) is 2. The summed E-state index contributed by atoms with van der Waals surface area (Å²) in [7, 11) is 1.30. The number of anilines is 1. The van der Waals surface area contributed by atoms with Gasteiger partial charge in [0.15, 0.2) is 5.82 Å². The Bertz CT molecular complexity index is 1780. The number of halogens is 2. The van der Waals surface area contributed by atoms with E-state index in [-0.39, 0.29) is 28.1 Å². The lowest BCUT2D eigenvalue weighted by Crippen LogP contribution is -2.24. The Labute approximate surface area is 231 Å². The van der Waals surface area contributed by atoms with Crippen LogP contribution in [-0.4, -0.2) is 47.9 Å². The van der Waals surface area contributed by atoms with E-state index >= 15 is 4.39 Å². The predicted molar refractivity (Wildman–Crippen MR) is 145 cm³/mol. The van der Waals surface area contributed by atoms with E-state index in [1.165, 1.54) is 30.3 Å². The Morgan fingerprint density at radius 3 is 2.70 bits per heavy atom. The van der Waals surface area contributed by atoms with E-state index in [0.29, 0.717) is 29.2 Å². The minimum absolute atomic E-state index is 0.00592. The molecule has 13 heteroatoms. The molecular formula is C27H22ClFN8O3. The second-order valence-corrected chi connectivity index (χ2v) is 9.82. The molecule has 1 aliphatic heterocycles. The molecule has 0 aliphatic carbocycles. The number of ether oxygens (including phenoxy) is 1. The van der Waals surface area contributed by atoms with Crippen LogP contribution in [0.15, 0.2) is 65.8 Å². The SMILES string of the molecule is COC(=O)Nc1ccc(-c2cnc([C@@H]3C[C@H](C)c4cc(-c5c(-n6cnnn6)ccc(Cl)c5F)cc(=O)n43)[nH]2)cc1. The summed E-state index contributed by atoms with van der Waals surface area (Å²) >= 11 is 6.12. The molecule has 2 aromatic carbocycles. The van der Waals surface area contributed by atoms with Crippen molar-refractivity contribution < 1.29 is 13.9 Å². The average molecular weight is 561 g/mol. The van der Waals surface area contributed by atoms with E-state index in [4.69, 9.17) is 11.6 Å². The molecule has 0 unspecified atom stereocenters. The zero-order chi connectivity index (χ0) is 28.0. The molecule has 3 aromatic heterocycles. The lowest BCUT2D eigenvalue weighted by molar-refractivity contribution is 0.187. The number of fused-ring (bicyclic) bond motifs is 1. The van der Waals surface area contributed by atoms with E-state index in [2.05, 4.69) is 35.5 Å². The van der Waals surface area contributed by atoms with Crippen molar-refractivity contribution in [2.75, 3.05) is 12.4 Å². The molecule has 5 aromatic rings. The van der Waals surface area contributed by atoms with Crippen molar-refractivity contribution in [2.45, 2.75) is 25.3 Å². The first-order chi connectivity index (χ1) is 19.3. The summed E-state index contributed by atoms with van der Waals surface area (Å²) in [6.45, 7) is 2.02. The largest absolute Gasteiger partial charge is 0.453 e. The summed E-state index contributed by atoms with van der Waals surface area (Å²) in [6, 6.07) is 13.1. The third-order valence-electron chi connectivity index (χ3n) is 6.99. The van der Waals surface area contributed by atoms with Gasteiger partial charge in [0.1, 0.15) is 12.2 Å². The highest BCUT2D eigenvalue weighted by Gasteiger charge is 2.33. The fraction of sp³-hybridized carbons (Fsp3) is 0.185. The maximum atomic E-state index is 15.4. The topological polar surface area (TPSA) is 133 Å². The van der Waals surface area contributed by atoms with Gasteiger partial charge < -0.3 is 14.3 Å². The number of hydrogen-bond acceptors (Lipinski definition) is 7. The molecule has 40 heavy (non-hydrogen) atoms. The highest BCUT2D eigenvalue weighted by molar-refractivity contribution is 6.31. The van der Waals surface area contributed by atoms with Crippen LogP contribution in [-0.2, 0) is 4.74 Å². The van der Waals surface area contributed by atoms with Crippen molar-refractivity contribution in [1.29, 1.82) is 0 Å². The quantitative estimate of drug-likeness (QED) is 0.311. The number of tetrazole rings is 1. The van der Waals surface area contributed by atoms with Gasteiger partial charge in [0, 0.05) is 23.0 Å². The van der Waals surface area contributed by atoms with Gasteiger partial charge in [-0.05, 0) is 64.2 Å². The third-order valence-corrected chi connectivity index (χ3v) is 7.28. The second kappa shape index (κ2) is 10.0. The van der Waals surface area contributed by atoms with Crippen LogP contribution in [0.4, 0.5) is 14.9 Å². The fourth-order valence-electron chi connectivity index (χ4n) is 5.09. The number of rotatable bonds is 5. The zero-order valence-electron chi connectivity index (χ0n) is 21.3. The fourth-order valence-corrected chi connectivity index (χ4v) is 5.24. The van der Waals surface area contributed by atoms with Gasteiger partial charge in [0.25, 0.3) is 5.56 Å². The number of benzene rings is 2. The Kier molecular flexibility index (Phi) is 6.39. The Balaban J connectivity index is 1.35. The number of pyridine rings is 1. The molecule has 0 bridgehead atoms. The summed E-state index contributed by atoms with van der Waals surface area (Å²) in [5.74, 6) is -0.0335. The average Bonchev–Trinajstić information content (AvgIpc) is 3.72. The van der Waals surface area contributed by atoms with Gasteiger partial charge in [-0.25, -0.2) is 14.2 Å². The van der Waals surface area contributed by atoms with Gasteiger partial charge in [-0.2, -0.15) is 4.68 Å². The lowest BCUT2D eigenvalue weighted by atomic mass is 9.99. The lowest BCUT2D eigenvalue weighted by Gasteiger charge is -2.16. The number of imidazole rings is 1. The van der Waals surface area contributed by atoms with Gasteiger partial charge in [0.2, 0.25) is 0 Å². The van der Waals surface area contributed by atoms with Crippen LogP contribution in [0.25, 0.3) is 28.1 Å². The standard InChI is InChI=1S/C27H22ClFN8O3/c1-14-9-22(26-30-12-19(33-26)15-3-5-17(6-4-15)32-27(39)40-2)37-21(14)10-16(11-23(37)38)24-20(36-13-31-34-35-36)8-7-18(28)25(24)29/h3-8,10-14,22H,9H2,1-2H3,(H,30,33)(H,32,39)/t14-,22-/m0/s1. The van der Waals surface area contributed by atoms with E-state index in [1.807, 2.05) is 25.1 Å². The smallest absolute Gasteiger partial charge is 0.411 e. The van der Waals surface area contributed by atoms with Crippen LogP contribution < -0.4 is 10.9 Å². The maximum absolute atomic E-state index is 15.4. The molecule has 6 rings (SSSR count). The minimum Gasteiger partial charge on any atom is -0.453 e. The summed E-state index contributed by atoms with van der Waals surface area (Å²) in [6.07, 6.45) is 3.14. The van der Waals surface area contributed by atoms with Crippen molar-refractivity contribution in [1.82, 2.24) is 34.7 Å². The van der Waals surface area contributed by atoms with Crippen molar-refractivity contribution in [2.24, 2.45) is 0 Å². The number of nitrogens with zero attached hydrogens (tertiary/aromatic N) is 6. The van der Waals surface area contributed by atoms with Crippen molar-refractivity contribution in [3.63, 3.8) is 0 Å². The Morgan fingerprint density at radius 2 is 1.98 bits per heavy atom. The highest BCUT2D eigenvalue weighted by atomic mass is 35.5. The van der Waals surface area contributed by atoms with Crippen LogP contribution in [0.3, 0.4) is 0 Å². The molecule has 4 heterocycles. The van der Waals surface area contributed by atoms with Gasteiger partial charge in [-0.15, -0.1) is 5.10 Å². The number of H-pyrrole nitrogens is 1. The zero-order valence-corrected chi connectivity index (χ0v) is 22.1. The van der Waals surface area contributed by atoms with Crippen molar-refractivity contribution >= 4 is 23.4 Å². The molecule has 2 atom stereocenters. The molecule has 11 nitrogen and oxygen atoms in total. The van der Waals surface area contributed by atoms with Crippen LogP contribution in [0.2, 0.25) is 5.02 Å². The number of carbonyl (C=O) groups is 1. The monoisotopic (exact) mass is 560 g/mol. The van der Waals surface area contributed by atoms with E-state index < -0.39 is 11.9 Å². The molecule has 1 amide bonds. The van der Waals surface area contributed by atoms with Gasteiger partial charge in [-0.3, -0.25) is 10.1 Å². The molecule has 0 fully saturated rings. The van der Waals surface area contributed by atoms with Gasteiger partial charge in [-0.1, -0.05) is 30.7 Å². The highest BCUT2D eigenvalue weighted by Crippen LogP contribution is 2.41. The minimum atomic E-state index is -0.662. The molecule has 0 spiro atoms.